The molecule has 0 heterocycles. The van der Waals surface area contributed by atoms with Crippen molar-refractivity contribution >= 4 is 10.0 Å². The van der Waals surface area contributed by atoms with Crippen LogP contribution in [0.4, 0.5) is 8.78 Å². The predicted octanol–water partition coefficient (Wildman–Crippen LogP) is 3.19. The molecule has 2 aromatic rings. The van der Waals surface area contributed by atoms with E-state index in [0.717, 1.165) is 16.4 Å². The van der Waals surface area contributed by atoms with Crippen LogP contribution in [0.3, 0.4) is 0 Å². The van der Waals surface area contributed by atoms with Gasteiger partial charge in [0, 0.05) is 19.2 Å². The number of ether oxygens (including phenoxy) is 2. The lowest BCUT2D eigenvalue weighted by molar-refractivity contribution is 0.353. The molecule has 0 N–H and O–H groups in total. The predicted molar refractivity (Wildman–Crippen MR) is 89.2 cm³/mol. The molecule has 0 saturated carbocycles. The molecule has 0 aromatic heterocycles. The summed E-state index contributed by atoms with van der Waals surface area (Å²) < 4.78 is 63.6. The first kappa shape index (κ1) is 19.1. The fourth-order valence-electron chi connectivity index (χ4n) is 2.38. The van der Waals surface area contributed by atoms with Gasteiger partial charge in [0.15, 0.2) is 11.5 Å². The van der Waals surface area contributed by atoms with Gasteiger partial charge in [0.05, 0.1) is 19.1 Å². The molecule has 0 aliphatic rings. The van der Waals surface area contributed by atoms with Crippen molar-refractivity contribution in [2.24, 2.45) is 0 Å². The summed E-state index contributed by atoms with van der Waals surface area (Å²) in [5.41, 5.74) is 0.653. The van der Waals surface area contributed by atoms with Gasteiger partial charge >= 0.3 is 0 Å². The maximum atomic E-state index is 13.4. The van der Waals surface area contributed by atoms with Gasteiger partial charge in [0.1, 0.15) is 11.6 Å². The molecule has 8 heteroatoms. The first-order valence-electron chi connectivity index (χ1n) is 7.49. The van der Waals surface area contributed by atoms with Crippen LogP contribution in [-0.2, 0) is 16.6 Å². The average Bonchev–Trinajstić information content (AvgIpc) is 2.58. The molecule has 5 nitrogen and oxygen atoms in total. The van der Waals surface area contributed by atoms with Crippen LogP contribution in [-0.4, -0.2) is 33.5 Å². The molecule has 2 rings (SSSR count). The Kier molecular flexibility index (Phi) is 5.97. The molecule has 25 heavy (non-hydrogen) atoms. The van der Waals surface area contributed by atoms with E-state index in [2.05, 4.69) is 0 Å². The highest BCUT2D eigenvalue weighted by Gasteiger charge is 2.25. The topological polar surface area (TPSA) is 55.8 Å². The van der Waals surface area contributed by atoms with Crippen molar-refractivity contribution in [3.63, 3.8) is 0 Å². The first-order chi connectivity index (χ1) is 11.8. The van der Waals surface area contributed by atoms with E-state index >= 15 is 0 Å². The molecule has 0 fully saturated rings. The van der Waals surface area contributed by atoms with E-state index in [1.54, 1.807) is 25.1 Å². The lowest BCUT2D eigenvalue weighted by Crippen LogP contribution is -2.30. The molecule has 0 bridgehead atoms. The summed E-state index contributed by atoms with van der Waals surface area (Å²) in [4.78, 5) is -0.424. The molecular weight excluding hydrogens is 352 g/mol. The van der Waals surface area contributed by atoms with Crippen molar-refractivity contribution < 1.29 is 26.7 Å². The van der Waals surface area contributed by atoms with Gasteiger partial charge in [0.2, 0.25) is 10.0 Å². The Hall–Kier alpha value is -2.19. The lowest BCUT2D eigenvalue weighted by atomic mass is 10.2. The van der Waals surface area contributed by atoms with Crippen LogP contribution in [0.2, 0.25) is 0 Å². The normalized spacial score (nSPS) is 11.6. The number of hydrogen-bond donors (Lipinski definition) is 0. The Bertz CT molecular complexity index is 835. The Labute approximate surface area is 145 Å². The molecule has 0 aliphatic carbocycles. The quantitative estimate of drug-likeness (QED) is 0.750. The zero-order valence-corrected chi connectivity index (χ0v) is 14.9. The Morgan fingerprint density at radius 2 is 1.56 bits per heavy atom. The van der Waals surface area contributed by atoms with Gasteiger partial charge < -0.3 is 9.47 Å². The lowest BCUT2D eigenvalue weighted by Gasteiger charge is -2.21. The highest BCUT2D eigenvalue weighted by Crippen LogP contribution is 2.29. The van der Waals surface area contributed by atoms with Gasteiger partial charge in [-0.3, -0.25) is 0 Å². The molecule has 0 radical (unpaired) electrons. The van der Waals surface area contributed by atoms with Crippen LogP contribution < -0.4 is 9.47 Å². The molecule has 0 saturated heterocycles. The van der Waals surface area contributed by atoms with E-state index in [-0.39, 0.29) is 13.1 Å². The third-order valence-corrected chi connectivity index (χ3v) is 5.53. The molecule has 136 valence electrons. The summed E-state index contributed by atoms with van der Waals surface area (Å²) in [6.07, 6.45) is 0. The van der Waals surface area contributed by atoms with Crippen LogP contribution >= 0.6 is 0 Å². The first-order valence-corrected chi connectivity index (χ1v) is 8.93. The summed E-state index contributed by atoms with van der Waals surface area (Å²) in [7, 11) is -1.07. The Morgan fingerprint density at radius 3 is 2.08 bits per heavy atom. The van der Waals surface area contributed by atoms with Crippen LogP contribution in [0.15, 0.2) is 41.3 Å². The summed E-state index contributed by atoms with van der Waals surface area (Å²) >= 11 is 0. The minimum absolute atomic E-state index is 0.0251. The zero-order valence-electron chi connectivity index (χ0n) is 14.1. The van der Waals surface area contributed by atoms with E-state index in [0.29, 0.717) is 23.1 Å². The van der Waals surface area contributed by atoms with Crippen LogP contribution in [0.25, 0.3) is 0 Å². The summed E-state index contributed by atoms with van der Waals surface area (Å²) in [6, 6.07) is 7.25. The van der Waals surface area contributed by atoms with Crippen molar-refractivity contribution in [2.75, 3.05) is 20.8 Å². The van der Waals surface area contributed by atoms with E-state index in [4.69, 9.17) is 9.47 Å². The minimum Gasteiger partial charge on any atom is -0.493 e. The second kappa shape index (κ2) is 7.79. The fourth-order valence-corrected chi connectivity index (χ4v) is 3.86. The van der Waals surface area contributed by atoms with Crippen molar-refractivity contribution in [2.45, 2.75) is 18.4 Å². The van der Waals surface area contributed by atoms with Crippen molar-refractivity contribution in [1.82, 2.24) is 4.31 Å². The number of rotatable bonds is 7. The highest BCUT2D eigenvalue weighted by molar-refractivity contribution is 7.89. The van der Waals surface area contributed by atoms with Crippen molar-refractivity contribution in [1.29, 1.82) is 0 Å². The van der Waals surface area contributed by atoms with E-state index in [1.807, 2.05) is 0 Å². The minimum atomic E-state index is -4.05. The zero-order chi connectivity index (χ0) is 18.6. The molecular formula is C17H19F2NO4S. The van der Waals surface area contributed by atoms with Crippen LogP contribution in [0, 0.1) is 11.6 Å². The molecule has 0 unspecified atom stereocenters. The third-order valence-electron chi connectivity index (χ3n) is 3.63. The van der Waals surface area contributed by atoms with Gasteiger partial charge in [-0.1, -0.05) is 13.0 Å². The van der Waals surface area contributed by atoms with Gasteiger partial charge in [-0.05, 0) is 29.8 Å². The van der Waals surface area contributed by atoms with Crippen molar-refractivity contribution in [3.8, 4) is 11.5 Å². The SMILES string of the molecule is CCN(Cc1ccc(OC)c(OC)c1)S(=O)(=O)c1cc(F)cc(F)c1. The maximum absolute atomic E-state index is 13.4. The molecule has 2 aromatic carbocycles. The number of benzene rings is 2. The monoisotopic (exact) mass is 371 g/mol. The maximum Gasteiger partial charge on any atom is 0.243 e. The fraction of sp³-hybridized carbons (Fsp3) is 0.294. The van der Waals surface area contributed by atoms with Crippen LogP contribution in [0.5, 0.6) is 11.5 Å². The largest absolute Gasteiger partial charge is 0.493 e. The standard InChI is InChI=1S/C17H19F2NO4S/c1-4-20(11-12-5-6-16(23-2)17(7-12)24-3)25(21,22)15-9-13(18)8-14(19)10-15/h5-10H,4,11H2,1-3H3. The van der Waals surface area contributed by atoms with Gasteiger partial charge in [-0.25, -0.2) is 17.2 Å². The summed E-state index contributed by atoms with van der Waals surface area (Å²) in [5.74, 6) is -0.906. The average molecular weight is 371 g/mol. The molecule has 0 aliphatic heterocycles. The van der Waals surface area contributed by atoms with Crippen LogP contribution in [0.1, 0.15) is 12.5 Å². The van der Waals surface area contributed by atoms with Gasteiger partial charge in [-0.2, -0.15) is 4.31 Å². The highest BCUT2D eigenvalue weighted by atomic mass is 32.2. The van der Waals surface area contributed by atoms with Crippen molar-refractivity contribution in [3.05, 3.63) is 53.6 Å². The summed E-state index contributed by atoms with van der Waals surface area (Å²) in [5, 5.41) is 0. The number of methoxy groups -OCH3 is 2. The molecule has 0 atom stereocenters. The summed E-state index contributed by atoms with van der Waals surface area (Å²) in [6.45, 7) is 1.81. The third kappa shape index (κ3) is 4.26. The van der Waals surface area contributed by atoms with E-state index in [9.17, 15) is 17.2 Å². The smallest absolute Gasteiger partial charge is 0.243 e. The number of nitrogens with zero attached hydrogens (tertiary/aromatic N) is 1. The van der Waals surface area contributed by atoms with E-state index < -0.39 is 26.6 Å². The Morgan fingerprint density at radius 1 is 0.960 bits per heavy atom. The molecule has 0 amide bonds. The number of halogens is 2. The number of sulfonamides is 1. The van der Waals surface area contributed by atoms with E-state index in [1.165, 1.54) is 14.2 Å². The number of hydrogen-bond acceptors (Lipinski definition) is 4. The second-order valence-electron chi connectivity index (χ2n) is 5.23. The second-order valence-corrected chi connectivity index (χ2v) is 7.16. The molecule has 0 spiro atoms. The van der Waals surface area contributed by atoms with Gasteiger partial charge in [0.25, 0.3) is 0 Å². The Balaban J connectivity index is 2.36. The van der Waals surface area contributed by atoms with Gasteiger partial charge in [-0.15, -0.1) is 0 Å².